The van der Waals surface area contributed by atoms with Crippen molar-refractivity contribution in [2.45, 2.75) is 0 Å². The first-order valence-electron chi connectivity index (χ1n) is 20.8. The molecule has 0 fully saturated rings. The molecule has 316 valence electrons. The van der Waals surface area contributed by atoms with E-state index in [-0.39, 0.29) is 0 Å². The Morgan fingerprint density at radius 1 is 0.369 bits per heavy atom. The first-order valence-corrected chi connectivity index (χ1v) is 24.7. The maximum Gasteiger partial charge on any atom is 0.145 e. The van der Waals surface area contributed by atoms with Gasteiger partial charge in [0.05, 0.1) is 11.4 Å². The summed E-state index contributed by atoms with van der Waals surface area (Å²) in [5.74, 6) is 2.11. The van der Waals surface area contributed by atoms with E-state index in [4.69, 9.17) is 16.3 Å². The van der Waals surface area contributed by atoms with E-state index in [1.165, 1.54) is 36.2 Å². The van der Waals surface area contributed by atoms with Crippen molar-refractivity contribution in [3.05, 3.63) is 233 Å². The fraction of sp³-hybridized carbons (Fsp3) is 0. The third-order valence-electron chi connectivity index (χ3n) is 10.7. The summed E-state index contributed by atoms with van der Waals surface area (Å²) in [5, 5.41) is 22.8. The molecule has 0 saturated heterocycles. The molecule has 65 heavy (non-hydrogen) atoms. The van der Waals surface area contributed by atoms with Crippen LogP contribution in [-0.2, 0) is 0 Å². The van der Waals surface area contributed by atoms with E-state index >= 15 is 0 Å². The van der Waals surface area contributed by atoms with Gasteiger partial charge in [0.1, 0.15) is 17.2 Å². The second-order valence-corrected chi connectivity index (χ2v) is 18.9. The monoisotopic (exact) mass is 934 g/mol. The summed E-state index contributed by atoms with van der Waals surface area (Å²) in [6, 6.07) is 70.4. The Hall–Kier alpha value is -6.91. The normalized spacial score (nSPS) is 10.9. The van der Waals surface area contributed by atoms with Crippen molar-refractivity contribution < 1.29 is 9.84 Å². The smallest absolute Gasteiger partial charge is 0.145 e. The highest BCUT2D eigenvalue weighted by molar-refractivity contribution is 7.18. The summed E-state index contributed by atoms with van der Waals surface area (Å²) < 4.78 is 11.3. The highest BCUT2D eigenvalue weighted by Crippen LogP contribution is 2.45. The Bertz CT molecular complexity index is 3490. The zero-order valence-electron chi connectivity index (χ0n) is 34.7. The Morgan fingerprint density at radius 2 is 0.785 bits per heavy atom. The Labute approximate surface area is 398 Å². The maximum absolute atomic E-state index is 9.22. The van der Waals surface area contributed by atoms with Crippen LogP contribution in [0.2, 0.25) is 5.02 Å². The van der Waals surface area contributed by atoms with Crippen LogP contribution in [0.5, 0.6) is 17.2 Å². The third-order valence-corrected chi connectivity index (χ3v) is 14.7. The van der Waals surface area contributed by atoms with Gasteiger partial charge in [-0.05, 0) is 91.0 Å². The average Bonchev–Trinajstić information content (AvgIpc) is 4.17. The Kier molecular flexibility index (Phi) is 12.6. The standard InChI is InChI=1S/C28H19NOS2.C20H14ClNS.C8H6OS/c1-2-9-20(10-3-1)29(25-18-31-27-15-6-4-13-23(25)27)21-11-8-12-22(17-21)30-26-19-32-28-16-7-5-14-24(26)28;21-15-7-6-10-17(13-15)22(16-8-2-1-3-9-16)19-14-23-20-12-5-4-11-18(19)20;9-7-5-10-8-4-2-1-3-6(7)8/h1-19H;1-14H;1-5,9H. The molecule has 0 radical (unpaired) electrons. The molecule has 0 aliphatic rings. The van der Waals surface area contributed by atoms with Crippen LogP contribution in [0.15, 0.2) is 228 Å². The number of hydrogen-bond acceptors (Lipinski definition) is 8. The first-order chi connectivity index (χ1) is 32.1. The summed E-state index contributed by atoms with van der Waals surface area (Å²) in [5.41, 5.74) is 6.73. The zero-order valence-corrected chi connectivity index (χ0v) is 38.7. The number of para-hydroxylation sites is 2. The highest BCUT2D eigenvalue weighted by atomic mass is 35.5. The lowest BCUT2D eigenvalue weighted by Crippen LogP contribution is -2.09. The fourth-order valence-corrected chi connectivity index (χ4v) is 11.4. The van der Waals surface area contributed by atoms with E-state index in [0.29, 0.717) is 5.75 Å². The second kappa shape index (κ2) is 19.5. The van der Waals surface area contributed by atoms with Gasteiger partial charge in [0.25, 0.3) is 0 Å². The lowest BCUT2D eigenvalue weighted by molar-refractivity contribution is 0.483. The minimum absolute atomic E-state index is 0.389. The summed E-state index contributed by atoms with van der Waals surface area (Å²) in [6.45, 7) is 0. The number of nitrogens with zero attached hydrogens (tertiary/aromatic N) is 2. The van der Waals surface area contributed by atoms with Crippen LogP contribution in [0.4, 0.5) is 34.1 Å². The van der Waals surface area contributed by atoms with E-state index in [1.54, 1.807) is 50.7 Å². The summed E-state index contributed by atoms with van der Waals surface area (Å²) in [6.07, 6.45) is 0. The van der Waals surface area contributed by atoms with Crippen molar-refractivity contribution in [2.75, 3.05) is 9.80 Å². The van der Waals surface area contributed by atoms with Crippen LogP contribution in [0, 0.1) is 0 Å². The summed E-state index contributed by atoms with van der Waals surface area (Å²) >= 11 is 13.0. The van der Waals surface area contributed by atoms with Gasteiger partial charge in [-0.25, -0.2) is 0 Å². The number of hydrogen-bond donors (Lipinski definition) is 1. The number of thiophene rings is 4. The second-order valence-electron chi connectivity index (χ2n) is 14.9. The Morgan fingerprint density at radius 3 is 1.34 bits per heavy atom. The molecule has 0 saturated carbocycles. The highest BCUT2D eigenvalue weighted by Gasteiger charge is 2.19. The van der Waals surface area contributed by atoms with Gasteiger partial charge >= 0.3 is 0 Å². The van der Waals surface area contributed by atoms with E-state index in [2.05, 4.69) is 178 Å². The number of benzene rings is 8. The number of rotatable bonds is 8. The van der Waals surface area contributed by atoms with E-state index in [0.717, 1.165) is 54.7 Å². The van der Waals surface area contributed by atoms with Gasteiger partial charge < -0.3 is 19.6 Å². The fourth-order valence-electron chi connectivity index (χ4n) is 7.71. The molecule has 0 amide bonds. The molecule has 12 aromatic rings. The van der Waals surface area contributed by atoms with Crippen molar-refractivity contribution in [1.29, 1.82) is 0 Å². The van der Waals surface area contributed by atoms with Crippen LogP contribution in [0.1, 0.15) is 0 Å². The molecule has 4 heterocycles. The molecule has 1 N–H and O–H groups in total. The molecule has 0 spiro atoms. The van der Waals surface area contributed by atoms with Crippen molar-refractivity contribution in [3.63, 3.8) is 0 Å². The van der Waals surface area contributed by atoms with Crippen molar-refractivity contribution in [1.82, 2.24) is 0 Å². The molecule has 4 nitrogen and oxygen atoms in total. The topological polar surface area (TPSA) is 35.9 Å². The maximum atomic E-state index is 9.22. The molecule has 0 aliphatic heterocycles. The number of fused-ring (bicyclic) bond motifs is 4. The number of halogens is 1. The van der Waals surface area contributed by atoms with Gasteiger partial charge in [-0.15, -0.1) is 45.3 Å². The predicted octanol–water partition coefficient (Wildman–Crippen LogP) is 19.0. The molecule has 8 aromatic carbocycles. The van der Waals surface area contributed by atoms with Gasteiger partial charge in [-0.1, -0.05) is 121 Å². The number of aromatic hydroxyl groups is 1. The average molecular weight is 936 g/mol. The lowest BCUT2D eigenvalue weighted by Gasteiger charge is -2.25. The third kappa shape index (κ3) is 9.22. The molecule has 0 atom stereocenters. The molecule has 0 bridgehead atoms. The van der Waals surface area contributed by atoms with Crippen LogP contribution < -0.4 is 14.5 Å². The van der Waals surface area contributed by atoms with Gasteiger partial charge in [0.15, 0.2) is 0 Å². The van der Waals surface area contributed by atoms with E-state index in [9.17, 15) is 5.11 Å². The van der Waals surface area contributed by atoms with Gasteiger partial charge in [0, 0.05) is 95.7 Å². The first kappa shape index (κ1) is 42.1. The van der Waals surface area contributed by atoms with Crippen molar-refractivity contribution in [3.8, 4) is 17.2 Å². The quantitative estimate of drug-likeness (QED) is 0.165. The molecule has 12 rings (SSSR count). The minimum Gasteiger partial charge on any atom is -0.506 e. The number of anilines is 6. The number of ether oxygens (including phenoxy) is 1. The summed E-state index contributed by atoms with van der Waals surface area (Å²) in [7, 11) is 0. The van der Waals surface area contributed by atoms with Gasteiger partial charge in [-0.3, -0.25) is 0 Å². The SMILES string of the molecule is Clc1cccc(N(c2ccccc2)c2csc3ccccc23)c1.Oc1csc2ccccc12.c1ccc(N(c2cccc(Oc3csc4ccccc34)c2)c2csc3ccccc23)cc1. The molecule has 0 unspecified atom stereocenters. The Balaban J connectivity index is 0.000000131. The summed E-state index contributed by atoms with van der Waals surface area (Å²) in [4.78, 5) is 4.56. The largest absolute Gasteiger partial charge is 0.506 e. The van der Waals surface area contributed by atoms with Crippen LogP contribution >= 0.6 is 56.9 Å². The molecular weight excluding hydrogens is 896 g/mol. The van der Waals surface area contributed by atoms with Gasteiger partial charge in [-0.2, -0.15) is 0 Å². The van der Waals surface area contributed by atoms with Gasteiger partial charge in [0.2, 0.25) is 0 Å². The molecule has 0 aliphatic carbocycles. The molecule has 9 heteroatoms. The van der Waals surface area contributed by atoms with Crippen molar-refractivity contribution in [2.24, 2.45) is 0 Å². The predicted molar refractivity (Wildman–Crippen MR) is 283 cm³/mol. The van der Waals surface area contributed by atoms with Crippen LogP contribution in [0.25, 0.3) is 40.3 Å². The van der Waals surface area contributed by atoms with E-state index < -0.39 is 0 Å². The minimum atomic E-state index is 0.389. The van der Waals surface area contributed by atoms with Crippen molar-refractivity contribution >= 4 is 131 Å². The molecular formula is C56H39ClN2O2S4. The zero-order chi connectivity index (χ0) is 44.0. The van der Waals surface area contributed by atoms with E-state index in [1.807, 2.05) is 54.6 Å². The molecule has 4 aromatic heterocycles. The van der Waals surface area contributed by atoms with Crippen LogP contribution in [-0.4, -0.2) is 5.11 Å². The lowest BCUT2D eigenvalue weighted by atomic mass is 10.1. The van der Waals surface area contributed by atoms with Crippen LogP contribution in [0.3, 0.4) is 0 Å².